The number of amides is 2. The van der Waals surface area contributed by atoms with Crippen molar-refractivity contribution in [1.29, 1.82) is 0 Å². The maximum atomic E-state index is 12.5. The summed E-state index contributed by atoms with van der Waals surface area (Å²) in [4.78, 5) is 24.6. The van der Waals surface area contributed by atoms with Crippen molar-refractivity contribution in [1.82, 2.24) is 16.1 Å². The molecule has 0 saturated carbocycles. The van der Waals surface area contributed by atoms with Crippen LogP contribution in [0.2, 0.25) is 15.1 Å². The summed E-state index contributed by atoms with van der Waals surface area (Å²) in [7, 11) is 1.27. The van der Waals surface area contributed by atoms with Crippen molar-refractivity contribution in [2.24, 2.45) is 5.10 Å². The second kappa shape index (κ2) is 15.7. The van der Waals surface area contributed by atoms with E-state index >= 15 is 0 Å². The van der Waals surface area contributed by atoms with Crippen LogP contribution in [0.3, 0.4) is 0 Å². The van der Waals surface area contributed by atoms with Crippen LogP contribution in [0, 0.1) is 0 Å². The predicted molar refractivity (Wildman–Crippen MR) is 171 cm³/mol. The number of nitrogens with zero attached hydrogens (tertiary/aromatic N) is 1. The molecule has 11 nitrogen and oxygen atoms in total. The number of urea groups is 1. The minimum absolute atomic E-state index is 0.191. The van der Waals surface area contributed by atoms with Gasteiger partial charge < -0.3 is 34.7 Å². The molecule has 0 aromatic heterocycles. The normalized spacial score (nSPS) is 15.3. The standard InChI is InChI=1S/C31H31Cl3N4O7/c1-4-43-26-13-19(29-28(30(40)42-3)17(2)36-31(41)37-29)6-9-25(26)45-16-27(39)38-35-14-20-12-21(32)7-10-24(20)44-15-18-5-8-22(33)23(34)11-18/h5-14,27,29,38-39H,4,15-16H2,1-3H3,(H2,36,37,41)/b35-14+/t27-,29-/m1/s1. The number of benzene rings is 3. The zero-order valence-corrected chi connectivity index (χ0v) is 26.8. The van der Waals surface area contributed by atoms with E-state index in [-0.39, 0.29) is 18.8 Å². The van der Waals surface area contributed by atoms with Gasteiger partial charge in [-0.1, -0.05) is 46.9 Å². The van der Waals surface area contributed by atoms with Crippen LogP contribution in [-0.2, 0) is 16.1 Å². The molecule has 0 saturated heterocycles. The summed E-state index contributed by atoms with van der Waals surface area (Å²) in [6, 6.07) is 14.0. The molecule has 0 aliphatic carbocycles. The quantitative estimate of drug-likeness (QED) is 0.0777. The molecule has 45 heavy (non-hydrogen) atoms. The zero-order valence-electron chi connectivity index (χ0n) is 24.5. The fourth-order valence-electron chi connectivity index (χ4n) is 4.36. The Kier molecular flexibility index (Phi) is 11.8. The Labute approximate surface area is 275 Å². The molecule has 4 N–H and O–H groups in total. The molecule has 4 rings (SSSR count). The summed E-state index contributed by atoms with van der Waals surface area (Å²) in [5.41, 5.74) is 5.20. The largest absolute Gasteiger partial charge is 0.490 e. The van der Waals surface area contributed by atoms with Gasteiger partial charge in [0.2, 0.25) is 0 Å². The first kappa shape index (κ1) is 33.7. The van der Waals surface area contributed by atoms with E-state index in [1.54, 1.807) is 62.4 Å². The van der Waals surface area contributed by atoms with Gasteiger partial charge in [0.25, 0.3) is 0 Å². The minimum Gasteiger partial charge on any atom is -0.490 e. The van der Waals surface area contributed by atoms with Crippen LogP contribution in [0.25, 0.3) is 0 Å². The fraction of sp³-hybridized carbons (Fsp3) is 0.258. The third-order valence-corrected chi connectivity index (χ3v) is 7.42. The topological polar surface area (TPSA) is 140 Å². The molecule has 0 bridgehead atoms. The monoisotopic (exact) mass is 676 g/mol. The highest BCUT2D eigenvalue weighted by Gasteiger charge is 2.32. The van der Waals surface area contributed by atoms with Crippen molar-refractivity contribution in [3.8, 4) is 17.2 Å². The van der Waals surface area contributed by atoms with E-state index in [2.05, 4.69) is 21.2 Å². The molecular weight excluding hydrogens is 647 g/mol. The lowest BCUT2D eigenvalue weighted by molar-refractivity contribution is -0.136. The molecule has 3 aromatic rings. The van der Waals surface area contributed by atoms with Gasteiger partial charge in [-0.2, -0.15) is 5.10 Å². The summed E-state index contributed by atoms with van der Waals surface area (Å²) in [6.07, 6.45) is 0.261. The second-order valence-electron chi connectivity index (χ2n) is 9.63. The lowest BCUT2D eigenvalue weighted by Gasteiger charge is -2.28. The molecule has 1 aliphatic rings. The van der Waals surface area contributed by atoms with E-state index < -0.39 is 24.3 Å². The molecule has 0 fully saturated rings. The fourth-order valence-corrected chi connectivity index (χ4v) is 4.86. The number of carbonyl (C=O) groups is 2. The highest BCUT2D eigenvalue weighted by atomic mass is 35.5. The number of allylic oxidation sites excluding steroid dienone is 1. The molecule has 2 atom stereocenters. The maximum absolute atomic E-state index is 12.5. The van der Waals surface area contributed by atoms with Gasteiger partial charge in [-0.3, -0.25) is 5.43 Å². The van der Waals surface area contributed by atoms with Crippen LogP contribution >= 0.6 is 34.8 Å². The molecule has 14 heteroatoms. The summed E-state index contributed by atoms with van der Waals surface area (Å²) in [6.45, 7) is 3.78. The Morgan fingerprint density at radius 1 is 1.02 bits per heavy atom. The van der Waals surface area contributed by atoms with Crippen molar-refractivity contribution in [3.05, 3.63) is 97.6 Å². The first-order chi connectivity index (χ1) is 21.6. The zero-order chi connectivity index (χ0) is 32.5. The number of hydrazone groups is 1. The lowest BCUT2D eigenvalue weighted by Crippen LogP contribution is -2.45. The minimum atomic E-state index is -1.20. The van der Waals surface area contributed by atoms with Gasteiger partial charge in [0.1, 0.15) is 19.0 Å². The van der Waals surface area contributed by atoms with Crippen molar-refractivity contribution < 1.29 is 33.6 Å². The van der Waals surface area contributed by atoms with Crippen molar-refractivity contribution in [2.45, 2.75) is 32.7 Å². The van der Waals surface area contributed by atoms with Crippen LogP contribution in [0.5, 0.6) is 17.2 Å². The Hall–Kier alpha value is -4.16. The van der Waals surface area contributed by atoms with E-state index in [0.717, 1.165) is 5.56 Å². The van der Waals surface area contributed by atoms with Crippen molar-refractivity contribution >= 4 is 53.0 Å². The molecule has 3 aromatic carbocycles. The summed E-state index contributed by atoms with van der Waals surface area (Å²) < 4.78 is 22.4. The first-order valence-electron chi connectivity index (χ1n) is 13.7. The van der Waals surface area contributed by atoms with Crippen LogP contribution in [0.4, 0.5) is 4.79 Å². The van der Waals surface area contributed by atoms with Gasteiger partial charge in [-0.15, -0.1) is 0 Å². The summed E-state index contributed by atoms with van der Waals surface area (Å²) in [5.74, 6) is 0.608. The van der Waals surface area contributed by atoms with E-state index in [1.165, 1.54) is 13.3 Å². The Morgan fingerprint density at radius 2 is 1.80 bits per heavy atom. The SMILES string of the molecule is CCOc1cc([C@H]2NC(=O)NC(C)=C2C(=O)OC)ccc1OC[C@@H](O)N/N=C/c1cc(Cl)ccc1OCc1ccc(Cl)c(Cl)c1. The third kappa shape index (κ3) is 8.95. The Morgan fingerprint density at radius 3 is 2.53 bits per heavy atom. The van der Waals surface area contributed by atoms with Gasteiger partial charge in [-0.05, 0) is 67.4 Å². The number of aliphatic hydroxyl groups is 1. The average Bonchev–Trinajstić information content (AvgIpc) is 3.01. The van der Waals surface area contributed by atoms with E-state index in [4.69, 9.17) is 53.8 Å². The molecule has 1 aliphatic heterocycles. The number of hydrogen-bond donors (Lipinski definition) is 4. The van der Waals surface area contributed by atoms with E-state index in [9.17, 15) is 14.7 Å². The Balaban J connectivity index is 1.40. The number of halogens is 3. The predicted octanol–water partition coefficient (Wildman–Crippen LogP) is 5.75. The number of rotatable bonds is 13. The van der Waals surface area contributed by atoms with Gasteiger partial charge >= 0.3 is 12.0 Å². The Bertz CT molecular complexity index is 1620. The molecule has 0 radical (unpaired) electrons. The number of carbonyl (C=O) groups excluding carboxylic acids is 2. The van der Waals surface area contributed by atoms with Gasteiger partial charge in [0.05, 0.1) is 41.6 Å². The maximum Gasteiger partial charge on any atom is 0.337 e. The van der Waals surface area contributed by atoms with Crippen LogP contribution in [0.15, 0.2) is 71.0 Å². The van der Waals surface area contributed by atoms with Crippen molar-refractivity contribution in [2.75, 3.05) is 20.3 Å². The number of ether oxygens (including phenoxy) is 4. The number of aliphatic hydroxyl groups excluding tert-OH is 1. The highest BCUT2D eigenvalue weighted by Crippen LogP contribution is 2.35. The third-order valence-electron chi connectivity index (χ3n) is 6.45. The molecule has 1 heterocycles. The first-order valence-corrected chi connectivity index (χ1v) is 14.8. The van der Waals surface area contributed by atoms with Crippen LogP contribution in [0.1, 0.15) is 36.6 Å². The number of methoxy groups -OCH3 is 1. The average molecular weight is 678 g/mol. The smallest absolute Gasteiger partial charge is 0.337 e. The van der Waals surface area contributed by atoms with Crippen LogP contribution < -0.4 is 30.3 Å². The second-order valence-corrected chi connectivity index (χ2v) is 10.9. The molecule has 0 spiro atoms. The molecular formula is C31H31Cl3N4O7. The van der Waals surface area contributed by atoms with Gasteiger partial charge in [0.15, 0.2) is 17.7 Å². The highest BCUT2D eigenvalue weighted by molar-refractivity contribution is 6.42. The van der Waals surface area contributed by atoms with Crippen LogP contribution in [-0.4, -0.2) is 49.9 Å². The molecule has 238 valence electrons. The molecule has 2 amide bonds. The summed E-state index contributed by atoms with van der Waals surface area (Å²) in [5, 5.41) is 21.3. The van der Waals surface area contributed by atoms with Gasteiger partial charge in [0, 0.05) is 16.3 Å². The lowest BCUT2D eigenvalue weighted by atomic mass is 9.95. The number of esters is 1. The van der Waals surface area contributed by atoms with Gasteiger partial charge in [-0.25, -0.2) is 9.59 Å². The molecule has 0 unspecified atom stereocenters. The van der Waals surface area contributed by atoms with Crippen molar-refractivity contribution in [3.63, 3.8) is 0 Å². The number of hydrogen-bond acceptors (Lipinski definition) is 9. The summed E-state index contributed by atoms with van der Waals surface area (Å²) >= 11 is 18.3. The van der Waals surface area contributed by atoms with E-state index in [0.29, 0.717) is 55.7 Å². The number of nitrogens with one attached hydrogen (secondary N) is 3. The van der Waals surface area contributed by atoms with E-state index in [1.807, 2.05) is 6.07 Å².